The first-order valence-corrected chi connectivity index (χ1v) is 9.34. The molecule has 140 valence electrons. The van der Waals surface area contributed by atoms with Gasteiger partial charge in [-0.1, -0.05) is 6.58 Å². The molecule has 0 amide bonds. The molecule has 0 atom stereocenters. The molecule has 4 rings (SSSR count). The van der Waals surface area contributed by atoms with Gasteiger partial charge in [-0.15, -0.1) is 0 Å². The number of rotatable bonds is 5. The maximum Gasteiger partial charge on any atom is 0.110 e. The fraction of sp³-hybridized carbons (Fsp3) is 0.364. The van der Waals surface area contributed by atoms with Crippen molar-refractivity contribution in [1.82, 2.24) is 19.7 Å². The van der Waals surface area contributed by atoms with E-state index in [2.05, 4.69) is 35.7 Å². The number of nitrogens with zero attached hydrogens (tertiary/aromatic N) is 3. The minimum Gasteiger partial charge on any atom is -0.501 e. The number of H-pyrrole nitrogens is 1. The fourth-order valence-electron chi connectivity index (χ4n) is 3.80. The van der Waals surface area contributed by atoms with Crippen LogP contribution in [0.25, 0.3) is 27.9 Å². The summed E-state index contributed by atoms with van der Waals surface area (Å²) < 4.78 is 7.47. The van der Waals surface area contributed by atoms with Crippen LogP contribution in [0, 0.1) is 6.92 Å². The zero-order valence-corrected chi connectivity index (χ0v) is 16.7. The summed E-state index contributed by atoms with van der Waals surface area (Å²) in [7, 11) is 3.68. The van der Waals surface area contributed by atoms with E-state index >= 15 is 0 Å². The number of imidazole rings is 1. The van der Waals surface area contributed by atoms with Crippen molar-refractivity contribution in [3.8, 4) is 11.3 Å². The maximum atomic E-state index is 5.55. The number of benzene rings is 1. The molecule has 1 fully saturated rings. The highest BCUT2D eigenvalue weighted by molar-refractivity contribution is 5.96. The van der Waals surface area contributed by atoms with Crippen LogP contribution >= 0.6 is 0 Å². The zero-order valence-electron chi connectivity index (χ0n) is 16.7. The summed E-state index contributed by atoms with van der Waals surface area (Å²) in [5.74, 6) is 2.52. The predicted octanol–water partition coefficient (Wildman–Crippen LogP) is 5.10. The average Bonchev–Trinajstić information content (AvgIpc) is 3.30. The minimum atomic E-state index is 0.568. The summed E-state index contributed by atoms with van der Waals surface area (Å²) in [6.07, 6.45) is 4.33. The van der Waals surface area contributed by atoms with Gasteiger partial charge in [0, 0.05) is 24.1 Å². The largest absolute Gasteiger partial charge is 0.501 e. The number of methoxy groups -OCH3 is 1. The van der Waals surface area contributed by atoms with Crippen molar-refractivity contribution in [2.24, 2.45) is 7.05 Å². The van der Waals surface area contributed by atoms with Crippen LogP contribution in [0.15, 0.2) is 36.2 Å². The van der Waals surface area contributed by atoms with Crippen molar-refractivity contribution in [2.75, 3.05) is 7.11 Å². The zero-order chi connectivity index (χ0) is 19.3. The third-order valence-electron chi connectivity index (χ3n) is 5.32. The molecular weight excluding hydrogens is 336 g/mol. The van der Waals surface area contributed by atoms with Crippen molar-refractivity contribution in [2.45, 2.75) is 39.5 Å². The standard InChI is InChI=1S/C22H26N4O/c1-12(2)19(14(4)27-6)16-9-17(21-13(3)11-23-26(21)5)20-18(10-16)24-22(25-20)15-7-8-15/h9-11,15H,1,7-8H2,2-6H3,(H,24,25)/b19-14+. The second kappa shape index (κ2) is 6.41. The van der Waals surface area contributed by atoms with Gasteiger partial charge in [-0.3, -0.25) is 4.68 Å². The predicted molar refractivity (Wildman–Crippen MR) is 109 cm³/mol. The van der Waals surface area contributed by atoms with E-state index in [1.54, 1.807) is 7.11 Å². The van der Waals surface area contributed by atoms with Gasteiger partial charge in [0.05, 0.1) is 30.0 Å². The average molecular weight is 362 g/mol. The molecular formula is C22H26N4O. The number of hydrogen-bond donors (Lipinski definition) is 1. The van der Waals surface area contributed by atoms with E-state index in [9.17, 15) is 0 Å². The van der Waals surface area contributed by atoms with Crippen LogP contribution in [0.5, 0.6) is 0 Å². The SMILES string of the molecule is C=C(C)/C(=C(/C)OC)c1cc(-c2c(C)cnn2C)c2nc(C3CC3)[nH]c2c1. The molecule has 1 aromatic carbocycles. The second-order valence-electron chi connectivity index (χ2n) is 7.53. The van der Waals surface area contributed by atoms with Gasteiger partial charge in [0.1, 0.15) is 11.6 Å². The fourth-order valence-corrected chi connectivity index (χ4v) is 3.80. The smallest absolute Gasteiger partial charge is 0.110 e. The van der Waals surface area contributed by atoms with Crippen LogP contribution in [0.4, 0.5) is 0 Å². The number of hydrogen-bond acceptors (Lipinski definition) is 3. The topological polar surface area (TPSA) is 55.7 Å². The molecule has 0 aliphatic heterocycles. The Bertz CT molecular complexity index is 1060. The van der Waals surface area contributed by atoms with Crippen LogP contribution in [0.2, 0.25) is 0 Å². The van der Waals surface area contributed by atoms with Crippen LogP contribution in [-0.4, -0.2) is 26.9 Å². The monoisotopic (exact) mass is 362 g/mol. The molecule has 2 aromatic heterocycles. The molecule has 1 N–H and O–H groups in total. The van der Waals surface area contributed by atoms with Gasteiger partial charge in [-0.05, 0) is 62.4 Å². The Labute approximate surface area is 159 Å². The van der Waals surface area contributed by atoms with Crippen molar-refractivity contribution in [3.05, 3.63) is 53.2 Å². The lowest BCUT2D eigenvalue weighted by molar-refractivity contribution is 0.296. The third kappa shape index (κ3) is 2.97. The summed E-state index contributed by atoms with van der Waals surface area (Å²) in [4.78, 5) is 8.51. The third-order valence-corrected chi connectivity index (χ3v) is 5.32. The minimum absolute atomic E-state index is 0.568. The molecule has 1 aliphatic carbocycles. The highest BCUT2D eigenvalue weighted by Gasteiger charge is 2.28. The van der Waals surface area contributed by atoms with Crippen molar-refractivity contribution >= 4 is 16.6 Å². The summed E-state index contributed by atoms with van der Waals surface area (Å²) in [6, 6.07) is 4.35. The molecule has 3 aromatic rings. The van der Waals surface area contributed by atoms with Gasteiger partial charge >= 0.3 is 0 Å². The summed E-state index contributed by atoms with van der Waals surface area (Å²) in [5, 5.41) is 4.44. The number of ether oxygens (including phenoxy) is 1. The van der Waals surface area contributed by atoms with Crippen molar-refractivity contribution in [3.63, 3.8) is 0 Å². The molecule has 0 saturated heterocycles. The number of aromatic amines is 1. The van der Waals surface area contributed by atoms with Crippen molar-refractivity contribution in [1.29, 1.82) is 0 Å². The molecule has 0 bridgehead atoms. The lowest BCUT2D eigenvalue weighted by Crippen LogP contribution is -1.98. The Morgan fingerprint density at radius 3 is 2.59 bits per heavy atom. The van der Waals surface area contributed by atoms with E-state index in [1.807, 2.05) is 31.8 Å². The van der Waals surface area contributed by atoms with E-state index in [0.717, 1.165) is 56.1 Å². The van der Waals surface area contributed by atoms with Crippen LogP contribution in [0.1, 0.15) is 49.6 Å². The molecule has 27 heavy (non-hydrogen) atoms. The van der Waals surface area contributed by atoms with Gasteiger partial charge in [-0.2, -0.15) is 5.10 Å². The number of aryl methyl sites for hydroxylation is 2. The number of aromatic nitrogens is 4. The number of nitrogens with one attached hydrogen (secondary N) is 1. The summed E-state index contributed by atoms with van der Waals surface area (Å²) in [6.45, 7) is 10.3. The number of fused-ring (bicyclic) bond motifs is 1. The Hall–Kier alpha value is -2.82. The molecule has 0 spiro atoms. The van der Waals surface area contributed by atoms with Gasteiger partial charge < -0.3 is 9.72 Å². The number of allylic oxidation sites excluding steroid dienone is 3. The van der Waals surface area contributed by atoms with E-state index in [4.69, 9.17) is 9.72 Å². The molecule has 0 unspecified atom stereocenters. The molecule has 1 aliphatic rings. The molecule has 5 nitrogen and oxygen atoms in total. The van der Waals surface area contributed by atoms with Crippen LogP contribution in [-0.2, 0) is 11.8 Å². The molecule has 1 saturated carbocycles. The quantitative estimate of drug-likeness (QED) is 0.507. The highest BCUT2D eigenvalue weighted by atomic mass is 16.5. The van der Waals surface area contributed by atoms with E-state index in [1.165, 1.54) is 12.8 Å². The van der Waals surface area contributed by atoms with Crippen LogP contribution in [0.3, 0.4) is 0 Å². The highest BCUT2D eigenvalue weighted by Crippen LogP contribution is 2.41. The Morgan fingerprint density at radius 2 is 2.04 bits per heavy atom. The molecule has 0 radical (unpaired) electrons. The van der Waals surface area contributed by atoms with Gasteiger partial charge in [0.2, 0.25) is 0 Å². The van der Waals surface area contributed by atoms with Crippen LogP contribution < -0.4 is 0 Å². The van der Waals surface area contributed by atoms with E-state index < -0.39 is 0 Å². The lowest BCUT2D eigenvalue weighted by Gasteiger charge is -2.14. The normalized spacial score (nSPS) is 15.1. The molecule has 5 heteroatoms. The Kier molecular flexibility index (Phi) is 4.17. The Morgan fingerprint density at radius 1 is 1.30 bits per heavy atom. The van der Waals surface area contributed by atoms with Gasteiger partial charge in [0.25, 0.3) is 0 Å². The summed E-state index contributed by atoms with van der Waals surface area (Å²) >= 11 is 0. The van der Waals surface area contributed by atoms with Gasteiger partial charge in [0.15, 0.2) is 0 Å². The molecule has 2 heterocycles. The van der Waals surface area contributed by atoms with E-state index in [-0.39, 0.29) is 0 Å². The van der Waals surface area contributed by atoms with Crippen molar-refractivity contribution < 1.29 is 4.74 Å². The maximum absolute atomic E-state index is 5.55. The first kappa shape index (κ1) is 17.6. The van der Waals surface area contributed by atoms with E-state index in [0.29, 0.717) is 5.92 Å². The first-order valence-electron chi connectivity index (χ1n) is 9.34. The Balaban J connectivity index is 2.04. The second-order valence-corrected chi connectivity index (χ2v) is 7.53. The lowest BCUT2D eigenvalue weighted by atomic mass is 9.94. The van der Waals surface area contributed by atoms with Gasteiger partial charge in [-0.25, -0.2) is 4.98 Å². The first-order chi connectivity index (χ1) is 12.9. The summed E-state index contributed by atoms with van der Waals surface area (Å²) in [5.41, 5.74) is 8.45.